The van der Waals surface area contributed by atoms with Crippen molar-refractivity contribution in [2.24, 2.45) is 11.1 Å². The number of nitrogens with two attached hydrogens (primary N) is 1. The van der Waals surface area contributed by atoms with Crippen molar-refractivity contribution < 1.29 is 9.53 Å². The van der Waals surface area contributed by atoms with E-state index < -0.39 is 0 Å². The Hall–Kier alpha value is -0.620. The second-order valence-corrected chi connectivity index (χ2v) is 6.52. The van der Waals surface area contributed by atoms with Crippen LogP contribution in [0, 0.1) is 8.99 Å². The van der Waals surface area contributed by atoms with E-state index in [2.05, 4.69) is 22.6 Å². The third kappa shape index (κ3) is 4.94. The molecule has 1 rings (SSSR count). The fourth-order valence-corrected chi connectivity index (χ4v) is 2.32. The molecule has 0 aliphatic carbocycles. The van der Waals surface area contributed by atoms with E-state index in [-0.39, 0.29) is 17.4 Å². The van der Waals surface area contributed by atoms with Crippen LogP contribution in [0.1, 0.15) is 38.3 Å². The number of carbonyl (C=O) groups excluding carboxylic acids is 1. The average molecular weight is 361 g/mol. The third-order valence-corrected chi connectivity index (χ3v) is 3.64. The lowest BCUT2D eigenvalue weighted by molar-refractivity contribution is -0.143. The third-order valence-electron chi connectivity index (χ3n) is 2.92. The Bertz CT molecular complexity index is 401. The fraction of sp³-hybridized carbons (Fsp3) is 0.500. The van der Waals surface area contributed by atoms with E-state index in [1.54, 1.807) is 0 Å². The summed E-state index contributed by atoms with van der Waals surface area (Å²) in [7, 11) is 1.41. The summed E-state index contributed by atoms with van der Waals surface area (Å²) in [6, 6.07) is 8.12. The van der Waals surface area contributed by atoms with Crippen LogP contribution in [-0.2, 0) is 9.53 Å². The van der Waals surface area contributed by atoms with Crippen LogP contribution >= 0.6 is 22.6 Å². The number of esters is 1. The second kappa shape index (κ2) is 6.52. The summed E-state index contributed by atoms with van der Waals surface area (Å²) in [5.74, 6) is -0.185. The van der Waals surface area contributed by atoms with Gasteiger partial charge in [0.2, 0.25) is 0 Å². The van der Waals surface area contributed by atoms with Gasteiger partial charge in [0.25, 0.3) is 0 Å². The number of carbonyl (C=O) groups is 1. The second-order valence-electron chi connectivity index (χ2n) is 5.28. The van der Waals surface area contributed by atoms with Crippen molar-refractivity contribution >= 4 is 28.6 Å². The zero-order valence-electron chi connectivity index (χ0n) is 11.1. The number of halogens is 1. The van der Waals surface area contributed by atoms with Crippen LogP contribution < -0.4 is 5.73 Å². The number of hydrogen-bond donors (Lipinski definition) is 1. The summed E-state index contributed by atoms with van der Waals surface area (Å²) in [6.07, 6.45) is 1.14. The molecule has 0 fully saturated rings. The van der Waals surface area contributed by atoms with Crippen molar-refractivity contribution in [2.75, 3.05) is 7.11 Å². The van der Waals surface area contributed by atoms with Crippen LogP contribution in [0.4, 0.5) is 0 Å². The Balaban J connectivity index is 2.65. The maximum Gasteiger partial charge on any atom is 0.306 e. The predicted molar refractivity (Wildman–Crippen MR) is 81.1 cm³/mol. The van der Waals surface area contributed by atoms with E-state index in [1.165, 1.54) is 10.7 Å². The number of rotatable bonds is 5. The number of methoxy groups -OCH3 is 1. The van der Waals surface area contributed by atoms with Gasteiger partial charge >= 0.3 is 5.97 Å². The normalized spacial score (nSPS) is 13.2. The first kappa shape index (κ1) is 15.4. The number of ether oxygens (including phenoxy) is 1. The van der Waals surface area contributed by atoms with Gasteiger partial charge in [-0.1, -0.05) is 26.0 Å². The molecule has 1 aromatic carbocycles. The Morgan fingerprint density at radius 3 is 2.44 bits per heavy atom. The largest absolute Gasteiger partial charge is 0.469 e. The van der Waals surface area contributed by atoms with Gasteiger partial charge in [0.05, 0.1) is 13.5 Å². The Kier molecular flexibility index (Phi) is 5.59. The molecule has 18 heavy (non-hydrogen) atoms. The molecule has 0 aliphatic heterocycles. The van der Waals surface area contributed by atoms with E-state index in [0.29, 0.717) is 6.42 Å². The highest BCUT2D eigenvalue weighted by molar-refractivity contribution is 14.1. The first-order valence-corrected chi connectivity index (χ1v) is 7.00. The molecule has 4 heteroatoms. The first-order chi connectivity index (χ1) is 8.34. The van der Waals surface area contributed by atoms with Crippen molar-refractivity contribution in [1.29, 1.82) is 0 Å². The minimum atomic E-state index is -0.185. The monoisotopic (exact) mass is 361 g/mol. The molecule has 0 heterocycles. The Labute approximate surface area is 122 Å². The molecule has 0 amide bonds. The summed E-state index contributed by atoms with van der Waals surface area (Å²) in [6.45, 7) is 4.08. The van der Waals surface area contributed by atoms with Crippen molar-refractivity contribution in [3.8, 4) is 0 Å². The van der Waals surface area contributed by atoms with Gasteiger partial charge in [0.15, 0.2) is 0 Å². The van der Waals surface area contributed by atoms with Crippen molar-refractivity contribution in [3.05, 3.63) is 33.4 Å². The SMILES string of the molecule is COC(=O)CC(C)(C)CC(N)c1ccc(I)cc1. The highest BCUT2D eigenvalue weighted by Crippen LogP contribution is 2.32. The van der Waals surface area contributed by atoms with Gasteiger partial charge in [-0.15, -0.1) is 0 Å². The first-order valence-electron chi connectivity index (χ1n) is 5.92. The summed E-state index contributed by atoms with van der Waals surface area (Å²) in [5.41, 5.74) is 7.14. The Morgan fingerprint density at radius 1 is 1.39 bits per heavy atom. The van der Waals surface area contributed by atoms with Crippen molar-refractivity contribution in [2.45, 2.75) is 32.7 Å². The highest BCUT2D eigenvalue weighted by Gasteiger charge is 2.25. The molecule has 1 atom stereocenters. The minimum absolute atomic E-state index is 0.0540. The molecule has 2 N–H and O–H groups in total. The molecular weight excluding hydrogens is 341 g/mol. The van der Waals surface area contributed by atoms with Crippen LogP contribution in [0.25, 0.3) is 0 Å². The Morgan fingerprint density at radius 2 is 1.94 bits per heavy atom. The molecule has 0 radical (unpaired) electrons. The van der Waals surface area contributed by atoms with Gasteiger partial charge in [-0.2, -0.15) is 0 Å². The molecule has 3 nitrogen and oxygen atoms in total. The van der Waals surface area contributed by atoms with Crippen LogP contribution in [0.15, 0.2) is 24.3 Å². The molecule has 0 saturated carbocycles. The van der Waals surface area contributed by atoms with Gasteiger partial charge in [-0.25, -0.2) is 0 Å². The summed E-state index contributed by atoms with van der Waals surface area (Å²) in [5, 5.41) is 0. The van der Waals surface area contributed by atoms with Gasteiger partial charge in [-0.05, 0) is 52.1 Å². The summed E-state index contributed by atoms with van der Waals surface area (Å²) < 4.78 is 5.90. The van der Waals surface area contributed by atoms with E-state index >= 15 is 0 Å². The zero-order chi connectivity index (χ0) is 13.8. The van der Waals surface area contributed by atoms with Crippen LogP contribution in [-0.4, -0.2) is 13.1 Å². The molecule has 0 saturated heterocycles. The molecule has 0 spiro atoms. The maximum atomic E-state index is 11.3. The van der Waals surface area contributed by atoms with E-state index in [4.69, 9.17) is 10.5 Å². The lowest BCUT2D eigenvalue weighted by Crippen LogP contribution is -2.24. The van der Waals surface area contributed by atoms with Gasteiger partial charge in [0.1, 0.15) is 0 Å². The lowest BCUT2D eigenvalue weighted by atomic mass is 9.81. The lowest BCUT2D eigenvalue weighted by Gasteiger charge is -2.27. The standard InChI is InChI=1S/C14H20INO2/c1-14(2,9-13(17)18-3)8-12(16)10-4-6-11(15)7-5-10/h4-7,12H,8-9,16H2,1-3H3. The summed E-state index contributed by atoms with van der Waals surface area (Å²) >= 11 is 2.27. The highest BCUT2D eigenvalue weighted by atomic mass is 127. The fourth-order valence-electron chi connectivity index (χ4n) is 1.96. The predicted octanol–water partition coefficient (Wildman–Crippen LogP) is 3.27. The maximum absolute atomic E-state index is 11.3. The van der Waals surface area contributed by atoms with Crippen LogP contribution in [0.5, 0.6) is 0 Å². The zero-order valence-corrected chi connectivity index (χ0v) is 13.2. The molecule has 1 unspecified atom stereocenters. The van der Waals surface area contributed by atoms with Gasteiger partial charge in [0, 0.05) is 9.61 Å². The van der Waals surface area contributed by atoms with Gasteiger partial charge in [-0.3, -0.25) is 4.79 Å². The molecule has 0 aliphatic rings. The number of benzene rings is 1. The smallest absolute Gasteiger partial charge is 0.306 e. The minimum Gasteiger partial charge on any atom is -0.469 e. The average Bonchev–Trinajstić information content (AvgIpc) is 2.28. The van der Waals surface area contributed by atoms with Crippen LogP contribution in [0.2, 0.25) is 0 Å². The van der Waals surface area contributed by atoms with E-state index in [1.807, 2.05) is 38.1 Å². The molecule has 0 bridgehead atoms. The van der Waals surface area contributed by atoms with Crippen molar-refractivity contribution in [1.82, 2.24) is 0 Å². The summed E-state index contributed by atoms with van der Waals surface area (Å²) in [4.78, 5) is 11.3. The van der Waals surface area contributed by atoms with Gasteiger partial charge < -0.3 is 10.5 Å². The van der Waals surface area contributed by atoms with Crippen molar-refractivity contribution in [3.63, 3.8) is 0 Å². The molecular formula is C14H20INO2. The van der Waals surface area contributed by atoms with E-state index in [9.17, 15) is 4.79 Å². The molecule has 100 valence electrons. The molecule has 1 aromatic rings. The molecule has 0 aromatic heterocycles. The quantitative estimate of drug-likeness (QED) is 0.647. The van der Waals surface area contributed by atoms with E-state index in [0.717, 1.165) is 12.0 Å². The number of hydrogen-bond acceptors (Lipinski definition) is 3. The topological polar surface area (TPSA) is 52.3 Å². The van der Waals surface area contributed by atoms with Crippen LogP contribution in [0.3, 0.4) is 0 Å².